The summed E-state index contributed by atoms with van der Waals surface area (Å²) in [7, 11) is 0. The van der Waals surface area contributed by atoms with Gasteiger partial charge < -0.3 is 10.6 Å². The molecule has 0 radical (unpaired) electrons. The number of nitrogens with two attached hydrogens (primary N) is 1. The minimum Gasteiger partial charge on any atom is -0.324 e. The predicted molar refractivity (Wildman–Crippen MR) is 67.0 cm³/mol. The van der Waals surface area contributed by atoms with Crippen LogP contribution in [0.3, 0.4) is 0 Å². The number of rotatable bonds is 5. The lowest BCUT2D eigenvalue weighted by Crippen LogP contribution is -2.52. The highest BCUT2D eigenvalue weighted by Gasteiger charge is 2.29. The molecule has 0 spiro atoms. The second kappa shape index (κ2) is 5.86. The molecule has 1 rings (SSSR count). The van der Waals surface area contributed by atoms with Crippen LogP contribution < -0.4 is 5.73 Å². The molecule has 15 heavy (non-hydrogen) atoms. The summed E-state index contributed by atoms with van der Waals surface area (Å²) < 4.78 is 0. The molecule has 1 saturated carbocycles. The molecule has 1 aliphatic rings. The summed E-state index contributed by atoms with van der Waals surface area (Å²) in [4.78, 5) is 2.52. The van der Waals surface area contributed by atoms with Crippen LogP contribution in [0.4, 0.5) is 0 Å². The Kier molecular flexibility index (Phi) is 5.07. The molecule has 0 aliphatic heterocycles. The van der Waals surface area contributed by atoms with Gasteiger partial charge in [-0.2, -0.15) is 0 Å². The maximum absolute atomic E-state index is 6.47. The second-order valence-electron chi connectivity index (χ2n) is 5.64. The lowest BCUT2D eigenvalue weighted by Gasteiger charge is -2.38. The molecule has 0 amide bonds. The van der Waals surface area contributed by atoms with E-state index in [4.69, 9.17) is 5.73 Å². The van der Waals surface area contributed by atoms with Crippen molar-refractivity contribution in [2.75, 3.05) is 19.6 Å². The quantitative estimate of drug-likeness (QED) is 0.759. The Balaban J connectivity index is 2.41. The maximum atomic E-state index is 6.47. The van der Waals surface area contributed by atoms with Crippen LogP contribution in [0.2, 0.25) is 0 Å². The van der Waals surface area contributed by atoms with Gasteiger partial charge in [0.25, 0.3) is 0 Å². The fourth-order valence-electron chi connectivity index (χ4n) is 2.68. The summed E-state index contributed by atoms with van der Waals surface area (Å²) >= 11 is 0. The lowest BCUT2D eigenvalue weighted by molar-refractivity contribution is 0.165. The third kappa shape index (κ3) is 4.52. The summed E-state index contributed by atoms with van der Waals surface area (Å²) in [5.41, 5.74) is 6.58. The van der Waals surface area contributed by atoms with Crippen LogP contribution in [0.15, 0.2) is 0 Å². The monoisotopic (exact) mass is 212 g/mol. The zero-order valence-corrected chi connectivity index (χ0v) is 10.8. The second-order valence-corrected chi connectivity index (χ2v) is 5.64. The van der Waals surface area contributed by atoms with E-state index in [1.165, 1.54) is 38.6 Å². The van der Waals surface area contributed by atoms with Crippen molar-refractivity contribution in [2.24, 2.45) is 11.7 Å². The van der Waals surface area contributed by atoms with E-state index >= 15 is 0 Å². The van der Waals surface area contributed by atoms with Crippen LogP contribution in [0.5, 0.6) is 0 Å². The van der Waals surface area contributed by atoms with E-state index in [9.17, 15) is 0 Å². The first-order chi connectivity index (χ1) is 7.06. The van der Waals surface area contributed by atoms with Crippen molar-refractivity contribution in [2.45, 2.75) is 58.4 Å². The first kappa shape index (κ1) is 13.0. The Morgan fingerprint density at radius 1 is 1.20 bits per heavy atom. The molecule has 0 bridgehead atoms. The van der Waals surface area contributed by atoms with Crippen LogP contribution in [0.1, 0.15) is 52.9 Å². The number of hydrogen-bond donors (Lipinski definition) is 1. The maximum Gasteiger partial charge on any atom is 0.0283 e. The Morgan fingerprint density at radius 2 is 1.80 bits per heavy atom. The van der Waals surface area contributed by atoms with Crippen LogP contribution in [-0.4, -0.2) is 30.1 Å². The van der Waals surface area contributed by atoms with Crippen molar-refractivity contribution >= 4 is 0 Å². The van der Waals surface area contributed by atoms with Crippen LogP contribution in [0, 0.1) is 5.92 Å². The van der Waals surface area contributed by atoms with E-state index in [1.54, 1.807) is 0 Å². The highest BCUT2D eigenvalue weighted by atomic mass is 15.1. The Bertz CT molecular complexity index is 171. The topological polar surface area (TPSA) is 29.3 Å². The molecule has 0 unspecified atom stereocenters. The van der Waals surface area contributed by atoms with Gasteiger partial charge in [-0.3, -0.25) is 0 Å². The predicted octanol–water partition coefficient (Wildman–Crippen LogP) is 2.63. The van der Waals surface area contributed by atoms with Gasteiger partial charge in [0.15, 0.2) is 0 Å². The third-order valence-corrected chi connectivity index (χ3v) is 3.46. The summed E-state index contributed by atoms with van der Waals surface area (Å²) in [6.07, 6.45) is 6.49. The molecule has 0 heterocycles. The summed E-state index contributed by atoms with van der Waals surface area (Å²) in [5.74, 6) is 0.747. The van der Waals surface area contributed by atoms with E-state index in [1.807, 2.05) is 0 Å². The van der Waals surface area contributed by atoms with E-state index in [2.05, 4.69) is 25.7 Å². The molecule has 0 aromatic carbocycles. The fraction of sp³-hybridized carbons (Fsp3) is 1.00. The lowest BCUT2D eigenvalue weighted by atomic mass is 9.82. The average Bonchev–Trinajstić information content (AvgIpc) is 2.16. The fourth-order valence-corrected chi connectivity index (χ4v) is 2.68. The highest BCUT2D eigenvalue weighted by molar-refractivity contribution is 4.90. The van der Waals surface area contributed by atoms with Gasteiger partial charge in [0.1, 0.15) is 0 Å². The number of hydrogen-bond acceptors (Lipinski definition) is 2. The molecule has 2 nitrogen and oxygen atoms in total. The van der Waals surface area contributed by atoms with Gasteiger partial charge >= 0.3 is 0 Å². The van der Waals surface area contributed by atoms with E-state index in [-0.39, 0.29) is 5.54 Å². The van der Waals surface area contributed by atoms with Crippen LogP contribution >= 0.6 is 0 Å². The minimum absolute atomic E-state index is 0.114. The highest BCUT2D eigenvalue weighted by Crippen LogP contribution is 2.26. The Morgan fingerprint density at radius 3 is 2.27 bits per heavy atom. The van der Waals surface area contributed by atoms with Crippen molar-refractivity contribution in [3.63, 3.8) is 0 Å². The molecule has 0 atom stereocenters. The molecule has 1 fully saturated rings. The average molecular weight is 212 g/mol. The van der Waals surface area contributed by atoms with Crippen LogP contribution in [0.25, 0.3) is 0 Å². The largest absolute Gasteiger partial charge is 0.324 e. The summed E-state index contributed by atoms with van der Waals surface area (Å²) in [5, 5.41) is 0. The smallest absolute Gasteiger partial charge is 0.0283 e. The van der Waals surface area contributed by atoms with E-state index in [0.717, 1.165) is 19.0 Å². The molecule has 2 N–H and O–H groups in total. The standard InChI is InChI=1S/C13H28N2/c1-4-15(10-12(2)3)11-13(14)8-6-5-7-9-13/h12H,4-11,14H2,1-3H3. The minimum atomic E-state index is 0.114. The van der Waals surface area contributed by atoms with Gasteiger partial charge in [-0.15, -0.1) is 0 Å². The molecular weight excluding hydrogens is 184 g/mol. The van der Waals surface area contributed by atoms with E-state index < -0.39 is 0 Å². The summed E-state index contributed by atoms with van der Waals surface area (Å²) in [6.45, 7) is 10.2. The molecule has 0 aromatic rings. The molecule has 90 valence electrons. The number of likely N-dealkylation sites (N-methyl/N-ethyl adjacent to an activating group) is 1. The zero-order chi connectivity index (χ0) is 11.3. The molecule has 0 aromatic heterocycles. The first-order valence-electron chi connectivity index (χ1n) is 6.57. The number of nitrogens with zero attached hydrogens (tertiary/aromatic N) is 1. The van der Waals surface area contributed by atoms with Crippen molar-refractivity contribution in [1.82, 2.24) is 4.90 Å². The molecule has 1 aliphatic carbocycles. The van der Waals surface area contributed by atoms with Crippen molar-refractivity contribution < 1.29 is 0 Å². The van der Waals surface area contributed by atoms with Gasteiger partial charge in [0, 0.05) is 18.6 Å². The summed E-state index contributed by atoms with van der Waals surface area (Å²) in [6, 6.07) is 0. The van der Waals surface area contributed by atoms with Gasteiger partial charge in [-0.25, -0.2) is 0 Å². The first-order valence-corrected chi connectivity index (χ1v) is 6.57. The normalized spacial score (nSPS) is 21.2. The SMILES string of the molecule is CCN(CC(C)C)CC1(N)CCCCC1. The molecular formula is C13H28N2. The van der Waals surface area contributed by atoms with Gasteiger partial charge in [0.05, 0.1) is 0 Å². The molecule has 2 heteroatoms. The Labute approximate surface area is 95.2 Å². The Hall–Kier alpha value is -0.0800. The van der Waals surface area contributed by atoms with E-state index in [0.29, 0.717) is 0 Å². The van der Waals surface area contributed by atoms with Crippen molar-refractivity contribution in [1.29, 1.82) is 0 Å². The van der Waals surface area contributed by atoms with Gasteiger partial charge in [-0.1, -0.05) is 40.0 Å². The van der Waals surface area contributed by atoms with Crippen molar-refractivity contribution in [3.05, 3.63) is 0 Å². The van der Waals surface area contributed by atoms with Crippen molar-refractivity contribution in [3.8, 4) is 0 Å². The van der Waals surface area contributed by atoms with Crippen LogP contribution in [-0.2, 0) is 0 Å². The third-order valence-electron chi connectivity index (χ3n) is 3.46. The zero-order valence-electron chi connectivity index (χ0n) is 10.8. The van der Waals surface area contributed by atoms with Gasteiger partial charge in [0.2, 0.25) is 0 Å². The molecule has 0 saturated heterocycles. The van der Waals surface area contributed by atoms with Gasteiger partial charge in [-0.05, 0) is 25.3 Å².